The van der Waals surface area contributed by atoms with Gasteiger partial charge in [-0.05, 0) is 13.3 Å². The summed E-state index contributed by atoms with van der Waals surface area (Å²) in [4.78, 5) is 17.9. The van der Waals surface area contributed by atoms with Crippen molar-refractivity contribution in [2.75, 3.05) is 7.05 Å². The van der Waals surface area contributed by atoms with Gasteiger partial charge in [-0.15, -0.1) is 11.3 Å². The molecule has 4 nitrogen and oxygen atoms in total. The molecule has 2 N–H and O–H groups in total. The molecule has 1 atom stereocenters. The van der Waals surface area contributed by atoms with Crippen molar-refractivity contribution >= 4 is 17.2 Å². The summed E-state index contributed by atoms with van der Waals surface area (Å²) in [5.74, 6) is -0.0256. The number of aromatic nitrogens is 1. The SMILES string of the molecule is CCCC(C)(N)C(=O)N(C)Cc1cscn1. The average molecular weight is 241 g/mol. The molecule has 0 aromatic carbocycles. The number of carbonyl (C=O) groups excluding carboxylic acids is 1. The molecule has 1 rings (SSSR count). The highest BCUT2D eigenvalue weighted by Gasteiger charge is 2.30. The van der Waals surface area contributed by atoms with Crippen LogP contribution in [0.1, 0.15) is 32.4 Å². The lowest BCUT2D eigenvalue weighted by Crippen LogP contribution is -2.51. The van der Waals surface area contributed by atoms with E-state index in [2.05, 4.69) is 4.98 Å². The number of nitrogens with two attached hydrogens (primary N) is 1. The molecule has 0 saturated carbocycles. The van der Waals surface area contributed by atoms with Gasteiger partial charge >= 0.3 is 0 Å². The molecule has 0 aliphatic heterocycles. The topological polar surface area (TPSA) is 59.2 Å². The molecule has 5 heteroatoms. The van der Waals surface area contributed by atoms with Crippen molar-refractivity contribution in [3.05, 3.63) is 16.6 Å². The molecule has 0 aliphatic carbocycles. The highest BCUT2D eigenvalue weighted by atomic mass is 32.1. The van der Waals surface area contributed by atoms with Gasteiger partial charge in [-0.3, -0.25) is 4.79 Å². The molecule has 0 bridgehead atoms. The molecule has 0 spiro atoms. The molecule has 1 amide bonds. The van der Waals surface area contributed by atoms with Gasteiger partial charge in [0.1, 0.15) is 0 Å². The van der Waals surface area contributed by atoms with Crippen LogP contribution in [-0.4, -0.2) is 28.4 Å². The number of rotatable bonds is 5. The van der Waals surface area contributed by atoms with E-state index in [0.717, 1.165) is 12.1 Å². The number of amides is 1. The molecule has 16 heavy (non-hydrogen) atoms. The Morgan fingerprint density at radius 1 is 1.69 bits per heavy atom. The summed E-state index contributed by atoms with van der Waals surface area (Å²) < 4.78 is 0. The van der Waals surface area contributed by atoms with Gasteiger partial charge in [0.25, 0.3) is 0 Å². The fourth-order valence-corrected chi connectivity index (χ4v) is 2.24. The second-order valence-electron chi connectivity index (χ2n) is 4.31. The summed E-state index contributed by atoms with van der Waals surface area (Å²) in [6.45, 7) is 4.34. The Morgan fingerprint density at radius 3 is 2.88 bits per heavy atom. The Hall–Kier alpha value is -0.940. The van der Waals surface area contributed by atoms with E-state index >= 15 is 0 Å². The zero-order valence-corrected chi connectivity index (χ0v) is 10.9. The van der Waals surface area contributed by atoms with E-state index in [1.54, 1.807) is 24.4 Å². The first-order chi connectivity index (χ1) is 7.47. The van der Waals surface area contributed by atoms with Crippen LogP contribution < -0.4 is 5.73 Å². The van der Waals surface area contributed by atoms with Crippen LogP contribution in [0.5, 0.6) is 0 Å². The Balaban J connectivity index is 2.60. The van der Waals surface area contributed by atoms with E-state index in [1.807, 2.05) is 12.3 Å². The van der Waals surface area contributed by atoms with Crippen molar-refractivity contribution in [1.82, 2.24) is 9.88 Å². The molecule has 1 heterocycles. The summed E-state index contributed by atoms with van der Waals surface area (Å²) in [5.41, 5.74) is 7.90. The van der Waals surface area contributed by atoms with Crippen LogP contribution in [0.15, 0.2) is 10.9 Å². The first-order valence-corrected chi connectivity index (χ1v) is 6.33. The van der Waals surface area contributed by atoms with Gasteiger partial charge in [0.15, 0.2) is 0 Å². The zero-order chi connectivity index (χ0) is 12.2. The molecule has 0 fully saturated rings. The predicted molar refractivity (Wildman–Crippen MR) is 66.1 cm³/mol. The maximum Gasteiger partial charge on any atom is 0.242 e. The van der Waals surface area contributed by atoms with Gasteiger partial charge in [-0.25, -0.2) is 4.98 Å². The van der Waals surface area contributed by atoms with Crippen LogP contribution >= 0.6 is 11.3 Å². The largest absolute Gasteiger partial charge is 0.338 e. The normalized spacial score (nSPS) is 14.5. The van der Waals surface area contributed by atoms with Crippen LogP contribution in [0.2, 0.25) is 0 Å². The van der Waals surface area contributed by atoms with Gasteiger partial charge < -0.3 is 10.6 Å². The molecule has 1 unspecified atom stereocenters. The highest BCUT2D eigenvalue weighted by molar-refractivity contribution is 7.07. The third-order valence-corrected chi connectivity index (χ3v) is 3.12. The lowest BCUT2D eigenvalue weighted by Gasteiger charge is -2.28. The fraction of sp³-hybridized carbons (Fsp3) is 0.636. The van der Waals surface area contributed by atoms with Gasteiger partial charge in [0, 0.05) is 12.4 Å². The second kappa shape index (κ2) is 5.41. The summed E-state index contributed by atoms with van der Waals surface area (Å²) >= 11 is 1.53. The summed E-state index contributed by atoms with van der Waals surface area (Å²) in [6.07, 6.45) is 1.61. The number of carbonyl (C=O) groups is 1. The third kappa shape index (κ3) is 3.28. The number of thiazole rings is 1. The maximum absolute atomic E-state index is 12.1. The van der Waals surface area contributed by atoms with Crippen molar-refractivity contribution in [2.24, 2.45) is 5.73 Å². The smallest absolute Gasteiger partial charge is 0.242 e. The summed E-state index contributed by atoms with van der Waals surface area (Å²) in [6, 6.07) is 0. The molecular weight excluding hydrogens is 222 g/mol. The Kier molecular flexibility index (Phi) is 4.44. The van der Waals surface area contributed by atoms with Gasteiger partial charge in [0.05, 0.1) is 23.3 Å². The van der Waals surface area contributed by atoms with Crippen molar-refractivity contribution in [3.63, 3.8) is 0 Å². The fourth-order valence-electron chi connectivity index (χ4n) is 1.69. The molecule has 90 valence electrons. The minimum atomic E-state index is -0.764. The monoisotopic (exact) mass is 241 g/mol. The van der Waals surface area contributed by atoms with Crippen LogP contribution in [0.4, 0.5) is 0 Å². The van der Waals surface area contributed by atoms with Gasteiger partial charge in [0.2, 0.25) is 5.91 Å². The van der Waals surface area contributed by atoms with Crippen molar-refractivity contribution in [3.8, 4) is 0 Å². The summed E-state index contributed by atoms with van der Waals surface area (Å²) in [5, 5.41) is 1.94. The van der Waals surface area contributed by atoms with Crippen molar-refractivity contribution in [1.29, 1.82) is 0 Å². The van der Waals surface area contributed by atoms with Crippen molar-refractivity contribution < 1.29 is 4.79 Å². The highest BCUT2D eigenvalue weighted by Crippen LogP contribution is 2.14. The van der Waals surface area contributed by atoms with E-state index in [1.165, 1.54) is 11.3 Å². The third-order valence-electron chi connectivity index (χ3n) is 2.49. The van der Waals surface area contributed by atoms with Crippen LogP contribution in [0.25, 0.3) is 0 Å². The standard InChI is InChI=1S/C11H19N3OS/c1-4-5-11(2,12)10(15)14(3)6-9-7-16-8-13-9/h7-8H,4-6,12H2,1-3H3. The Bertz CT molecular complexity index is 335. The number of likely N-dealkylation sites (N-methyl/N-ethyl adjacent to an activating group) is 1. The quantitative estimate of drug-likeness (QED) is 0.852. The zero-order valence-electron chi connectivity index (χ0n) is 10.1. The second-order valence-corrected chi connectivity index (χ2v) is 5.03. The van der Waals surface area contributed by atoms with E-state index in [9.17, 15) is 4.79 Å². The van der Waals surface area contributed by atoms with Crippen LogP contribution in [0.3, 0.4) is 0 Å². The van der Waals surface area contributed by atoms with E-state index in [-0.39, 0.29) is 5.91 Å². The Morgan fingerprint density at radius 2 is 2.38 bits per heavy atom. The molecule has 1 aromatic heterocycles. The van der Waals surface area contributed by atoms with E-state index in [0.29, 0.717) is 13.0 Å². The van der Waals surface area contributed by atoms with Crippen LogP contribution in [-0.2, 0) is 11.3 Å². The van der Waals surface area contributed by atoms with Crippen LogP contribution in [0, 0.1) is 0 Å². The molecule has 0 saturated heterocycles. The number of hydrogen-bond acceptors (Lipinski definition) is 4. The average Bonchev–Trinajstić information content (AvgIpc) is 2.69. The number of nitrogens with zero attached hydrogens (tertiary/aromatic N) is 2. The molecular formula is C11H19N3OS. The Labute approximate surface area is 100 Å². The predicted octanol–water partition coefficient (Wildman–Crippen LogP) is 1.62. The van der Waals surface area contributed by atoms with Gasteiger partial charge in [-0.1, -0.05) is 13.3 Å². The van der Waals surface area contributed by atoms with Gasteiger partial charge in [-0.2, -0.15) is 0 Å². The maximum atomic E-state index is 12.1. The summed E-state index contributed by atoms with van der Waals surface area (Å²) in [7, 11) is 1.77. The first kappa shape index (κ1) is 13.1. The molecule has 0 radical (unpaired) electrons. The lowest BCUT2D eigenvalue weighted by molar-refractivity contribution is -0.135. The molecule has 0 aliphatic rings. The van der Waals surface area contributed by atoms with E-state index in [4.69, 9.17) is 5.73 Å². The first-order valence-electron chi connectivity index (χ1n) is 5.39. The lowest BCUT2D eigenvalue weighted by atomic mass is 9.96. The van der Waals surface area contributed by atoms with E-state index < -0.39 is 5.54 Å². The minimum Gasteiger partial charge on any atom is -0.338 e. The van der Waals surface area contributed by atoms with Crippen molar-refractivity contribution in [2.45, 2.75) is 38.8 Å². The number of hydrogen-bond donors (Lipinski definition) is 1. The minimum absolute atomic E-state index is 0.0256. The molecule has 1 aromatic rings.